The van der Waals surface area contributed by atoms with Crippen molar-refractivity contribution >= 4 is 44.9 Å². The molecule has 286 valence electrons. The number of phenolic OH excluding ortho intramolecular Hbond substituents is 1. The average Bonchev–Trinajstić information content (AvgIpc) is 3.77. The second kappa shape index (κ2) is 16.1. The summed E-state index contributed by atoms with van der Waals surface area (Å²) in [6, 6.07) is 10.4. The molecule has 6 rings (SSSR count). The van der Waals surface area contributed by atoms with Crippen LogP contribution < -0.4 is 9.61 Å². The van der Waals surface area contributed by atoms with Crippen molar-refractivity contribution in [3.8, 4) is 11.5 Å². The zero-order valence-corrected chi connectivity index (χ0v) is 32.6. The van der Waals surface area contributed by atoms with Gasteiger partial charge in [-0.05, 0) is 57.4 Å². The number of likely N-dealkylation sites (tertiary alicyclic amines) is 1. The molecule has 0 unspecified atom stereocenters. The lowest BCUT2D eigenvalue weighted by molar-refractivity contribution is -0.127. The molecule has 1 atom stereocenters. The van der Waals surface area contributed by atoms with Crippen LogP contribution in [0, 0.1) is 0 Å². The predicted molar refractivity (Wildman–Crippen MR) is 204 cm³/mol. The zero-order valence-electron chi connectivity index (χ0n) is 30.9. The average molecular weight is 768 g/mol. The molecule has 2 aromatic carbocycles. The van der Waals surface area contributed by atoms with Crippen molar-refractivity contribution in [1.29, 1.82) is 0 Å². The number of carbonyl (C=O) groups excluding carboxylic acids is 2. The van der Waals surface area contributed by atoms with Gasteiger partial charge in [0.1, 0.15) is 34.9 Å². The van der Waals surface area contributed by atoms with E-state index in [9.17, 15) is 24.6 Å². The minimum atomic E-state index is -1.14. The molecule has 15 heteroatoms. The number of thiazole rings is 2. The molecule has 2 aliphatic rings. The van der Waals surface area contributed by atoms with E-state index in [4.69, 9.17) is 14.2 Å². The summed E-state index contributed by atoms with van der Waals surface area (Å²) >= 11 is 2.43. The summed E-state index contributed by atoms with van der Waals surface area (Å²) in [5, 5.41) is 24.3. The number of nitrogens with zero attached hydrogens (tertiary/aromatic N) is 4. The summed E-state index contributed by atoms with van der Waals surface area (Å²) in [6.07, 6.45) is -0.0515. The molecule has 2 saturated heterocycles. The van der Waals surface area contributed by atoms with Gasteiger partial charge in [0.2, 0.25) is 0 Å². The number of ether oxygens (including phenoxy) is 3. The minimum Gasteiger partial charge on any atom is -0.506 e. The van der Waals surface area contributed by atoms with Gasteiger partial charge < -0.3 is 39.2 Å². The fourth-order valence-electron chi connectivity index (χ4n) is 6.66. The maximum absolute atomic E-state index is 13.3. The standard InChI is InChI=1S/C38H49N5O8S2/c1-24(2)33-39-28(22-52-33)34(46)42-17-19-50-38(23-42)12-14-41(15-13-38)16-18-49-26-8-6-25(7-9-26)20-43(36(48)51-37(3,4)5)21-30(45)27-10-11-29(44)31-32(27)53-35(47)40-31/h6-11,22,24,30,44-45H,12-21,23H2,1-5H3,(H,40,47)/t30-/m0/s1. The molecule has 4 heterocycles. The molecular formula is C38H49N5O8S2. The number of fused-ring (bicyclic) bond motifs is 1. The number of hydrogen-bond acceptors (Lipinski definition) is 12. The van der Waals surface area contributed by atoms with Gasteiger partial charge in [-0.3, -0.25) is 14.5 Å². The summed E-state index contributed by atoms with van der Waals surface area (Å²) in [6.45, 7) is 14.2. The number of aromatic nitrogens is 2. The summed E-state index contributed by atoms with van der Waals surface area (Å²) in [5.74, 6) is 0.896. The number of carbonyl (C=O) groups is 2. The molecule has 4 aromatic rings. The molecule has 3 N–H and O–H groups in total. The van der Waals surface area contributed by atoms with Gasteiger partial charge in [-0.2, -0.15) is 0 Å². The van der Waals surface area contributed by atoms with Crippen molar-refractivity contribution < 1.29 is 34.0 Å². The van der Waals surface area contributed by atoms with Crippen molar-refractivity contribution in [3.63, 3.8) is 0 Å². The smallest absolute Gasteiger partial charge is 0.410 e. The highest BCUT2D eigenvalue weighted by Gasteiger charge is 2.41. The third-order valence-electron chi connectivity index (χ3n) is 9.50. The Morgan fingerprint density at radius 1 is 1.11 bits per heavy atom. The number of phenols is 1. The number of aromatic hydroxyl groups is 1. The van der Waals surface area contributed by atoms with E-state index < -0.39 is 17.8 Å². The molecule has 2 amide bonds. The number of aromatic amines is 1. The normalized spacial score (nSPS) is 17.0. The number of benzene rings is 2. The SMILES string of the molecule is CC(C)c1nc(C(=O)N2CCOC3(CCN(CCOc4ccc(CN(C[C@H](O)c5ccc(O)c6[nH]c(=O)sc56)C(=O)OC(C)(C)C)cc4)CC3)C2)cs1. The highest BCUT2D eigenvalue weighted by molar-refractivity contribution is 7.16. The number of aliphatic hydroxyl groups excluding tert-OH is 1. The zero-order chi connectivity index (χ0) is 37.9. The topological polar surface area (TPSA) is 158 Å². The number of piperidine rings is 1. The molecule has 0 saturated carbocycles. The van der Waals surface area contributed by atoms with Gasteiger partial charge in [0.25, 0.3) is 5.91 Å². The largest absolute Gasteiger partial charge is 0.506 e. The van der Waals surface area contributed by atoms with E-state index >= 15 is 0 Å². The lowest BCUT2D eigenvalue weighted by atomic mass is 9.89. The Labute approximate surface area is 317 Å². The first-order chi connectivity index (χ1) is 25.2. The number of nitrogens with one attached hydrogen (secondary N) is 1. The van der Waals surface area contributed by atoms with E-state index in [1.807, 2.05) is 34.5 Å². The van der Waals surface area contributed by atoms with E-state index in [0.717, 1.165) is 54.4 Å². The number of aliphatic hydroxyl groups is 1. The Bertz CT molecular complexity index is 1940. The number of hydrogen-bond donors (Lipinski definition) is 3. The van der Waals surface area contributed by atoms with Gasteiger partial charge in [-0.25, -0.2) is 9.78 Å². The molecular weight excluding hydrogens is 719 g/mol. The molecule has 2 aromatic heterocycles. The maximum atomic E-state index is 13.3. The highest BCUT2D eigenvalue weighted by atomic mass is 32.1. The lowest BCUT2D eigenvalue weighted by Crippen LogP contribution is -2.58. The summed E-state index contributed by atoms with van der Waals surface area (Å²) in [5.41, 5.74) is 0.947. The second-order valence-corrected chi connectivity index (χ2v) is 17.0. The van der Waals surface area contributed by atoms with Crippen LogP contribution in [0.5, 0.6) is 11.5 Å². The molecule has 1 spiro atoms. The van der Waals surface area contributed by atoms with Gasteiger partial charge >= 0.3 is 11.0 Å². The van der Waals surface area contributed by atoms with E-state index in [1.165, 1.54) is 11.0 Å². The highest BCUT2D eigenvalue weighted by Crippen LogP contribution is 2.33. The maximum Gasteiger partial charge on any atom is 0.410 e. The Morgan fingerprint density at radius 3 is 2.53 bits per heavy atom. The van der Waals surface area contributed by atoms with Crippen molar-refractivity contribution in [3.05, 3.63) is 73.3 Å². The monoisotopic (exact) mass is 767 g/mol. The van der Waals surface area contributed by atoms with E-state index in [-0.39, 0.29) is 40.7 Å². The van der Waals surface area contributed by atoms with Crippen molar-refractivity contribution in [2.75, 3.05) is 52.5 Å². The molecule has 0 bridgehead atoms. The van der Waals surface area contributed by atoms with Crippen LogP contribution in [-0.2, 0) is 16.0 Å². The van der Waals surface area contributed by atoms with Crippen LogP contribution in [0.4, 0.5) is 4.79 Å². The molecule has 13 nitrogen and oxygen atoms in total. The predicted octanol–water partition coefficient (Wildman–Crippen LogP) is 5.73. The van der Waals surface area contributed by atoms with Crippen LogP contribution in [0.25, 0.3) is 10.2 Å². The molecule has 0 radical (unpaired) electrons. The van der Waals surface area contributed by atoms with Crippen LogP contribution in [0.3, 0.4) is 0 Å². The minimum absolute atomic E-state index is 0.0135. The van der Waals surface area contributed by atoms with E-state index in [0.29, 0.717) is 53.9 Å². The number of amides is 2. The van der Waals surface area contributed by atoms with Gasteiger partial charge in [-0.15, -0.1) is 11.3 Å². The quantitative estimate of drug-likeness (QED) is 0.172. The van der Waals surface area contributed by atoms with Gasteiger partial charge in [0.15, 0.2) is 0 Å². The fourth-order valence-corrected chi connectivity index (χ4v) is 8.39. The first-order valence-corrected chi connectivity index (χ1v) is 19.7. The Hall–Kier alpha value is -4.02. The summed E-state index contributed by atoms with van der Waals surface area (Å²) in [7, 11) is 0. The molecule has 0 aliphatic carbocycles. The van der Waals surface area contributed by atoms with Crippen molar-refractivity contribution in [1.82, 2.24) is 24.7 Å². The summed E-state index contributed by atoms with van der Waals surface area (Å²) in [4.78, 5) is 51.0. The van der Waals surface area contributed by atoms with E-state index in [2.05, 4.69) is 28.7 Å². The Morgan fingerprint density at radius 2 is 1.85 bits per heavy atom. The van der Waals surface area contributed by atoms with Crippen molar-refractivity contribution in [2.45, 2.75) is 77.2 Å². The van der Waals surface area contributed by atoms with Crippen molar-refractivity contribution in [2.24, 2.45) is 0 Å². The van der Waals surface area contributed by atoms with Crippen LogP contribution in [0.2, 0.25) is 0 Å². The lowest BCUT2D eigenvalue weighted by Gasteiger charge is -2.47. The van der Waals surface area contributed by atoms with Gasteiger partial charge in [0, 0.05) is 49.6 Å². The Balaban J connectivity index is 0.999. The number of rotatable bonds is 11. The van der Waals surface area contributed by atoms with Gasteiger partial charge in [0.05, 0.1) is 41.1 Å². The first kappa shape index (κ1) is 38.7. The first-order valence-electron chi connectivity index (χ1n) is 18.0. The van der Waals surface area contributed by atoms with Crippen LogP contribution >= 0.6 is 22.7 Å². The number of H-pyrrole nitrogens is 1. The number of morpholine rings is 1. The van der Waals surface area contributed by atoms with Crippen LogP contribution in [0.1, 0.15) is 86.1 Å². The van der Waals surface area contributed by atoms with Crippen LogP contribution in [0.15, 0.2) is 46.6 Å². The van der Waals surface area contributed by atoms with E-state index in [1.54, 1.807) is 38.2 Å². The van der Waals surface area contributed by atoms with Gasteiger partial charge in [-0.1, -0.05) is 43.4 Å². The Kier molecular flexibility index (Phi) is 11.8. The van der Waals surface area contributed by atoms with Crippen LogP contribution in [-0.4, -0.2) is 111 Å². The third kappa shape index (κ3) is 9.57. The molecule has 2 aliphatic heterocycles. The fraction of sp³-hybridized carbons (Fsp3) is 0.526. The summed E-state index contributed by atoms with van der Waals surface area (Å²) < 4.78 is 18.5. The third-order valence-corrected chi connectivity index (χ3v) is 11.6. The second-order valence-electron chi connectivity index (χ2n) is 15.1. The molecule has 53 heavy (non-hydrogen) atoms. The molecule has 2 fully saturated rings.